The molecule has 40 heavy (non-hydrogen) atoms. The molecule has 0 fully saturated rings. The molecule has 2 amide bonds. The van der Waals surface area contributed by atoms with E-state index in [1.54, 1.807) is 29.2 Å². The van der Waals surface area contributed by atoms with Crippen molar-refractivity contribution < 1.29 is 19.4 Å². The van der Waals surface area contributed by atoms with Crippen molar-refractivity contribution in [2.24, 2.45) is 5.92 Å². The lowest BCUT2D eigenvalue weighted by Gasteiger charge is -2.38. The van der Waals surface area contributed by atoms with Crippen LogP contribution in [0.3, 0.4) is 0 Å². The molecule has 0 aliphatic carbocycles. The fourth-order valence-electron chi connectivity index (χ4n) is 4.83. The molecule has 0 bridgehead atoms. The highest BCUT2D eigenvalue weighted by Gasteiger charge is 2.33. The second kappa shape index (κ2) is 13.5. The zero-order valence-electron chi connectivity index (χ0n) is 22.9. The molecule has 0 saturated heterocycles. The van der Waals surface area contributed by atoms with Crippen molar-refractivity contribution in [3.8, 4) is 5.75 Å². The Balaban J connectivity index is 1.56. The van der Waals surface area contributed by atoms with Crippen molar-refractivity contribution in [2.45, 2.75) is 39.0 Å². The van der Waals surface area contributed by atoms with Gasteiger partial charge in [0.2, 0.25) is 5.91 Å². The van der Waals surface area contributed by atoms with E-state index in [-0.39, 0.29) is 42.9 Å². The second-order valence-electron chi connectivity index (χ2n) is 10.5. The third-order valence-corrected chi connectivity index (χ3v) is 7.82. The summed E-state index contributed by atoms with van der Waals surface area (Å²) in [5.74, 6) is -0.000155. The third-order valence-electron chi connectivity index (χ3n) is 7.08. The van der Waals surface area contributed by atoms with Gasteiger partial charge < -0.3 is 20.1 Å². The zero-order valence-corrected chi connectivity index (χ0v) is 24.5. The van der Waals surface area contributed by atoms with Gasteiger partial charge in [0.1, 0.15) is 11.9 Å². The topological polar surface area (TPSA) is 82.1 Å². The van der Waals surface area contributed by atoms with Crippen LogP contribution in [-0.4, -0.2) is 65.6 Å². The van der Waals surface area contributed by atoms with Crippen LogP contribution in [0.4, 0.5) is 5.69 Å². The average Bonchev–Trinajstić information content (AvgIpc) is 2.93. The summed E-state index contributed by atoms with van der Waals surface area (Å²) in [5.41, 5.74) is 2.78. The SMILES string of the molecule is C[C@H]1CN([C@@H](C)CO)C(=O)c2cc(NC(=O)Cc3ccccc3)ccc2O[C@@H]1CN(C)Cc1ccc(Cl)c(Cl)c1. The van der Waals surface area contributed by atoms with E-state index in [2.05, 4.69) is 10.2 Å². The van der Waals surface area contributed by atoms with Crippen LogP contribution in [0.2, 0.25) is 10.0 Å². The summed E-state index contributed by atoms with van der Waals surface area (Å²) in [5, 5.41) is 13.8. The summed E-state index contributed by atoms with van der Waals surface area (Å²) in [6, 6.07) is 19.8. The molecule has 1 aliphatic heterocycles. The van der Waals surface area contributed by atoms with E-state index < -0.39 is 0 Å². The molecular formula is C31H35Cl2N3O4. The molecule has 3 aromatic carbocycles. The molecule has 0 unspecified atom stereocenters. The van der Waals surface area contributed by atoms with Gasteiger partial charge in [-0.1, -0.05) is 66.5 Å². The first-order valence-corrected chi connectivity index (χ1v) is 14.1. The Morgan fingerprint density at radius 2 is 1.85 bits per heavy atom. The van der Waals surface area contributed by atoms with Gasteiger partial charge in [-0.3, -0.25) is 14.5 Å². The van der Waals surface area contributed by atoms with E-state index in [9.17, 15) is 14.7 Å². The molecular weight excluding hydrogens is 549 g/mol. The van der Waals surface area contributed by atoms with E-state index in [0.29, 0.717) is 46.7 Å². The lowest BCUT2D eigenvalue weighted by molar-refractivity contribution is -0.115. The van der Waals surface area contributed by atoms with Crippen molar-refractivity contribution >= 4 is 40.7 Å². The highest BCUT2D eigenvalue weighted by atomic mass is 35.5. The number of aliphatic hydroxyl groups is 1. The summed E-state index contributed by atoms with van der Waals surface area (Å²) in [6.07, 6.45) is -0.0209. The molecule has 0 saturated carbocycles. The molecule has 0 aromatic heterocycles. The molecule has 0 radical (unpaired) electrons. The Kier molecular flexibility index (Phi) is 10.1. The highest BCUT2D eigenvalue weighted by Crippen LogP contribution is 2.31. The number of aliphatic hydroxyl groups excluding tert-OH is 1. The van der Waals surface area contributed by atoms with Crippen LogP contribution < -0.4 is 10.1 Å². The molecule has 1 heterocycles. The minimum atomic E-state index is -0.383. The molecule has 212 valence electrons. The van der Waals surface area contributed by atoms with Gasteiger partial charge in [0.15, 0.2) is 0 Å². The van der Waals surface area contributed by atoms with E-state index in [1.165, 1.54) is 0 Å². The maximum Gasteiger partial charge on any atom is 0.258 e. The first-order valence-electron chi connectivity index (χ1n) is 13.3. The number of anilines is 1. The second-order valence-corrected chi connectivity index (χ2v) is 11.3. The minimum Gasteiger partial charge on any atom is -0.488 e. The number of ether oxygens (including phenoxy) is 1. The minimum absolute atomic E-state index is 0.0207. The van der Waals surface area contributed by atoms with Crippen LogP contribution in [0.5, 0.6) is 5.75 Å². The molecule has 4 rings (SSSR count). The summed E-state index contributed by atoms with van der Waals surface area (Å²) in [7, 11) is 2.00. The lowest BCUT2D eigenvalue weighted by Crippen LogP contribution is -2.49. The van der Waals surface area contributed by atoms with Crippen molar-refractivity contribution in [1.29, 1.82) is 0 Å². The van der Waals surface area contributed by atoms with Crippen LogP contribution >= 0.6 is 23.2 Å². The van der Waals surface area contributed by atoms with Gasteiger partial charge in [-0.2, -0.15) is 0 Å². The number of nitrogens with one attached hydrogen (secondary N) is 1. The van der Waals surface area contributed by atoms with Crippen LogP contribution in [-0.2, 0) is 17.8 Å². The quantitative estimate of drug-likeness (QED) is 0.346. The van der Waals surface area contributed by atoms with Gasteiger partial charge in [-0.15, -0.1) is 0 Å². The van der Waals surface area contributed by atoms with Gasteiger partial charge in [0, 0.05) is 31.2 Å². The van der Waals surface area contributed by atoms with Crippen molar-refractivity contribution in [3.63, 3.8) is 0 Å². The number of fused-ring (bicyclic) bond motifs is 1. The lowest BCUT2D eigenvalue weighted by atomic mass is 9.99. The number of amides is 2. The van der Waals surface area contributed by atoms with Gasteiger partial charge in [0.05, 0.1) is 34.7 Å². The van der Waals surface area contributed by atoms with Crippen molar-refractivity contribution in [2.75, 3.05) is 32.1 Å². The number of nitrogens with zero attached hydrogens (tertiary/aromatic N) is 2. The highest BCUT2D eigenvalue weighted by molar-refractivity contribution is 6.42. The third kappa shape index (κ3) is 7.55. The Hall–Kier alpha value is -3.10. The molecule has 0 spiro atoms. The van der Waals surface area contributed by atoms with E-state index >= 15 is 0 Å². The maximum absolute atomic E-state index is 13.7. The number of hydrogen-bond donors (Lipinski definition) is 2. The van der Waals surface area contributed by atoms with E-state index in [1.807, 2.05) is 63.4 Å². The number of benzene rings is 3. The summed E-state index contributed by atoms with van der Waals surface area (Å²) in [4.78, 5) is 30.2. The van der Waals surface area contributed by atoms with Gasteiger partial charge in [-0.25, -0.2) is 0 Å². The smallest absolute Gasteiger partial charge is 0.258 e. The Bertz CT molecular complexity index is 1340. The normalized spacial score (nSPS) is 18.0. The molecule has 3 aromatic rings. The fraction of sp³-hybridized carbons (Fsp3) is 0.355. The van der Waals surface area contributed by atoms with E-state index in [4.69, 9.17) is 27.9 Å². The predicted octanol–water partition coefficient (Wildman–Crippen LogP) is 5.53. The number of hydrogen-bond acceptors (Lipinski definition) is 5. The fourth-order valence-corrected chi connectivity index (χ4v) is 5.15. The van der Waals surface area contributed by atoms with Crippen LogP contribution in [0, 0.1) is 5.92 Å². The zero-order chi connectivity index (χ0) is 28.8. The Morgan fingerprint density at radius 3 is 2.55 bits per heavy atom. The molecule has 9 heteroatoms. The summed E-state index contributed by atoms with van der Waals surface area (Å²) >= 11 is 12.3. The van der Waals surface area contributed by atoms with Crippen molar-refractivity contribution in [1.82, 2.24) is 9.80 Å². The first kappa shape index (κ1) is 29.9. The first-order chi connectivity index (χ1) is 19.1. The van der Waals surface area contributed by atoms with E-state index in [0.717, 1.165) is 11.1 Å². The average molecular weight is 585 g/mol. The van der Waals surface area contributed by atoms with Crippen LogP contribution in [0.15, 0.2) is 66.7 Å². The summed E-state index contributed by atoms with van der Waals surface area (Å²) in [6.45, 7) is 5.35. The van der Waals surface area contributed by atoms with Crippen molar-refractivity contribution in [3.05, 3.63) is 93.5 Å². The molecule has 2 N–H and O–H groups in total. The van der Waals surface area contributed by atoms with Gasteiger partial charge in [-0.05, 0) is 55.4 Å². The monoisotopic (exact) mass is 583 g/mol. The number of carbonyl (C=O) groups excluding carboxylic acids is 2. The number of likely N-dealkylation sites (N-methyl/N-ethyl adjacent to an activating group) is 1. The standard InChI is InChI=1S/C31H35Cl2N3O4/c1-20-16-36(21(2)19-37)31(39)25-15-24(34-30(38)14-22-7-5-4-6-8-22)10-12-28(25)40-29(20)18-35(3)17-23-9-11-26(32)27(33)13-23/h4-13,15,20-21,29,37H,14,16-19H2,1-3H3,(H,34,38)/t20-,21-,29+/m0/s1. The molecule has 3 atom stereocenters. The van der Waals surface area contributed by atoms with Gasteiger partial charge >= 0.3 is 0 Å². The number of carbonyl (C=O) groups is 2. The maximum atomic E-state index is 13.7. The largest absolute Gasteiger partial charge is 0.488 e. The van der Waals surface area contributed by atoms with Crippen LogP contribution in [0.25, 0.3) is 0 Å². The van der Waals surface area contributed by atoms with Crippen LogP contribution in [0.1, 0.15) is 35.3 Å². The number of halogens is 2. The summed E-state index contributed by atoms with van der Waals surface area (Å²) < 4.78 is 6.48. The number of rotatable bonds is 9. The Morgan fingerprint density at radius 1 is 1.10 bits per heavy atom. The Labute approximate surface area is 245 Å². The molecule has 7 nitrogen and oxygen atoms in total. The predicted molar refractivity (Wildman–Crippen MR) is 159 cm³/mol. The molecule has 1 aliphatic rings. The van der Waals surface area contributed by atoms with Gasteiger partial charge in [0.25, 0.3) is 5.91 Å².